The topological polar surface area (TPSA) is 50.2 Å². The summed E-state index contributed by atoms with van der Waals surface area (Å²) in [5.74, 6) is 0.825. The zero-order chi connectivity index (χ0) is 17.6. The van der Waals surface area contributed by atoms with Gasteiger partial charge in [0.2, 0.25) is 5.91 Å². The van der Waals surface area contributed by atoms with Crippen LogP contribution in [0.25, 0.3) is 0 Å². The Morgan fingerprint density at radius 3 is 2.64 bits per heavy atom. The Kier molecular flexibility index (Phi) is 5.87. The Bertz CT molecular complexity index is 674. The number of hydrogen-bond donors (Lipinski definition) is 1. The number of nitrogens with zero attached hydrogens (tertiary/aromatic N) is 3. The predicted molar refractivity (Wildman–Crippen MR) is 99.0 cm³/mol. The SMILES string of the molecule is CC(C(=O)NCc1cncn1C)N1CCC(Cc2ccccc2)CC1. The van der Waals surface area contributed by atoms with Crippen molar-refractivity contribution in [3.05, 3.63) is 54.1 Å². The average molecular weight is 340 g/mol. The molecule has 1 atom stereocenters. The second kappa shape index (κ2) is 8.30. The highest BCUT2D eigenvalue weighted by molar-refractivity contribution is 5.81. The smallest absolute Gasteiger partial charge is 0.237 e. The third-order valence-corrected chi connectivity index (χ3v) is 5.30. The first-order valence-corrected chi connectivity index (χ1v) is 9.14. The molecule has 5 heteroatoms. The maximum absolute atomic E-state index is 12.4. The van der Waals surface area contributed by atoms with Crippen LogP contribution in [-0.4, -0.2) is 39.5 Å². The summed E-state index contributed by atoms with van der Waals surface area (Å²) >= 11 is 0. The van der Waals surface area contributed by atoms with Crippen LogP contribution in [0.5, 0.6) is 0 Å². The van der Waals surface area contributed by atoms with Gasteiger partial charge in [-0.2, -0.15) is 0 Å². The van der Waals surface area contributed by atoms with Gasteiger partial charge in [0, 0.05) is 13.2 Å². The summed E-state index contributed by atoms with van der Waals surface area (Å²) in [6.07, 6.45) is 7.01. The van der Waals surface area contributed by atoms with E-state index < -0.39 is 0 Å². The minimum absolute atomic E-state index is 0.0779. The van der Waals surface area contributed by atoms with E-state index in [2.05, 4.69) is 45.5 Å². The molecule has 1 aromatic carbocycles. The maximum Gasteiger partial charge on any atom is 0.237 e. The van der Waals surface area contributed by atoms with E-state index >= 15 is 0 Å². The molecule has 1 saturated heterocycles. The first-order chi connectivity index (χ1) is 12.1. The van der Waals surface area contributed by atoms with E-state index in [9.17, 15) is 4.79 Å². The number of likely N-dealkylation sites (tertiary alicyclic amines) is 1. The lowest BCUT2D eigenvalue weighted by Gasteiger charge is -2.35. The Labute approximate surface area is 150 Å². The number of carbonyl (C=O) groups excluding carboxylic acids is 1. The number of nitrogens with one attached hydrogen (secondary N) is 1. The molecule has 1 fully saturated rings. The standard InChI is InChI=1S/C20H28N4O/c1-16(20(25)22-14-19-13-21-15-23(19)2)24-10-8-18(9-11-24)12-17-6-4-3-5-7-17/h3-7,13,15-16,18H,8-12,14H2,1-2H3,(H,22,25). The summed E-state index contributed by atoms with van der Waals surface area (Å²) in [6.45, 7) is 4.54. The van der Waals surface area contributed by atoms with Crippen LogP contribution in [0, 0.1) is 5.92 Å². The van der Waals surface area contributed by atoms with Gasteiger partial charge in [-0.25, -0.2) is 4.98 Å². The second-order valence-electron chi connectivity index (χ2n) is 7.06. The molecule has 1 aliphatic heterocycles. The quantitative estimate of drug-likeness (QED) is 0.878. The lowest BCUT2D eigenvalue weighted by Crippen LogP contribution is -2.48. The van der Waals surface area contributed by atoms with Crippen molar-refractivity contribution in [2.24, 2.45) is 13.0 Å². The lowest BCUT2D eigenvalue weighted by molar-refractivity contribution is -0.126. The molecule has 1 amide bonds. The molecule has 0 bridgehead atoms. The largest absolute Gasteiger partial charge is 0.349 e. The van der Waals surface area contributed by atoms with Gasteiger partial charge in [0.05, 0.1) is 24.6 Å². The van der Waals surface area contributed by atoms with E-state index in [4.69, 9.17) is 0 Å². The van der Waals surface area contributed by atoms with Crippen LogP contribution in [0.3, 0.4) is 0 Å². The first kappa shape index (κ1) is 17.7. The molecule has 3 rings (SSSR count). The van der Waals surface area contributed by atoms with E-state index in [0.29, 0.717) is 6.54 Å². The number of piperidine rings is 1. The minimum atomic E-state index is -0.0779. The summed E-state index contributed by atoms with van der Waals surface area (Å²) in [5, 5.41) is 3.03. The fourth-order valence-corrected chi connectivity index (χ4v) is 3.54. The number of rotatable bonds is 6. The Morgan fingerprint density at radius 2 is 2.00 bits per heavy atom. The molecule has 0 spiro atoms. The number of imidazole rings is 1. The molecular weight excluding hydrogens is 312 g/mol. The van der Waals surface area contributed by atoms with Crippen molar-refractivity contribution in [1.29, 1.82) is 0 Å². The van der Waals surface area contributed by atoms with Gasteiger partial charge < -0.3 is 9.88 Å². The van der Waals surface area contributed by atoms with Crippen molar-refractivity contribution >= 4 is 5.91 Å². The zero-order valence-electron chi connectivity index (χ0n) is 15.2. The summed E-state index contributed by atoms with van der Waals surface area (Å²) in [4.78, 5) is 18.8. The van der Waals surface area contributed by atoms with Crippen molar-refractivity contribution < 1.29 is 4.79 Å². The van der Waals surface area contributed by atoms with Gasteiger partial charge in [0.15, 0.2) is 0 Å². The molecule has 134 valence electrons. The van der Waals surface area contributed by atoms with Crippen molar-refractivity contribution in [1.82, 2.24) is 19.8 Å². The van der Waals surface area contributed by atoms with Crippen LogP contribution in [0.2, 0.25) is 0 Å². The summed E-state index contributed by atoms with van der Waals surface area (Å²) in [6, 6.07) is 10.6. The Morgan fingerprint density at radius 1 is 1.28 bits per heavy atom. The van der Waals surface area contributed by atoms with E-state index in [0.717, 1.165) is 44.0 Å². The third-order valence-electron chi connectivity index (χ3n) is 5.30. The number of benzene rings is 1. The fraction of sp³-hybridized carbons (Fsp3) is 0.500. The highest BCUT2D eigenvalue weighted by Gasteiger charge is 2.26. The molecule has 0 radical (unpaired) electrons. The van der Waals surface area contributed by atoms with Crippen molar-refractivity contribution in [3.8, 4) is 0 Å². The summed E-state index contributed by atoms with van der Waals surface area (Å²) in [5.41, 5.74) is 2.44. The zero-order valence-corrected chi connectivity index (χ0v) is 15.2. The van der Waals surface area contributed by atoms with Crippen LogP contribution in [-0.2, 0) is 24.8 Å². The minimum Gasteiger partial charge on any atom is -0.349 e. The van der Waals surface area contributed by atoms with Crippen LogP contribution < -0.4 is 5.32 Å². The molecule has 0 aliphatic carbocycles. The predicted octanol–water partition coefficient (Wildman–Crippen LogP) is 2.38. The molecule has 2 aromatic rings. The molecule has 1 aliphatic rings. The van der Waals surface area contributed by atoms with Crippen LogP contribution in [0.4, 0.5) is 0 Å². The molecular formula is C20H28N4O. The normalized spacial score (nSPS) is 17.4. The maximum atomic E-state index is 12.4. The van der Waals surface area contributed by atoms with Gasteiger partial charge in [-0.05, 0) is 50.8 Å². The molecule has 1 aromatic heterocycles. The molecule has 5 nitrogen and oxygen atoms in total. The van der Waals surface area contributed by atoms with E-state index in [1.807, 2.05) is 18.5 Å². The van der Waals surface area contributed by atoms with E-state index in [-0.39, 0.29) is 11.9 Å². The number of amides is 1. The van der Waals surface area contributed by atoms with Gasteiger partial charge in [0.1, 0.15) is 0 Å². The molecule has 2 heterocycles. The van der Waals surface area contributed by atoms with Crippen LogP contribution in [0.15, 0.2) is 42.9 Å². The fourth-order valence-electron chi connectivity index (χ4n) is 3.54. The Hall–Kier alpha value is -2.14. The second-order valence-corrected chi connectivity index (χ2v) is 7.06. The first-order valence-electron chi connectivity index (χ1n) is 9.14. The third kappa shape index (κ3) is 4.69. The number of carbonyl (C=O) groups is 1. The van der Waals surface area contributed by atoms with Crippen LogP contribution in [0.1, 0.15) is 31.0 Å². The Balaban J connectivity index is 1.43. The van der Waals surface area contributed by atoms with Gasteiger partial charge >= 0.3 is 0 Å². The monoisotopic (exact) mass is 340 g/mol. The van der Waals surface area contributed by atoms with E-state index in [1.165, 1.54) is 5.56 Å². The number of hydrogen-bond acceptors (Lipinski definition) is 3. The molecule has 25 heavy (non-hydrogen) atoms. The molecule has 0 saturated carbocycles. The highest BCUT2D eigenvalue weighted by Crippen LogP contribution is 2.22. The van der Waals surface area contributed by atoms with Crippen molar-refractivity contribution in [2.45, 2.75) is 38.8 Å². The molecule has 1 N–H and O–H groups in total. The summed E-state index contributed by atoms with van der Waals surface area (Å²) in [7, 11) is 1.94. The van der Waals surface area contributed by atoms with E-state index in [1.54, 1.807) is 12.5 Å². The summed E-state index contributed by atoms with van der Waals surface area (Å²) < 4.78 is 1.93. The van der Waals surface area contributed by atoms with Crippen molar-refractivity contribution in [2.75, 3.05) is 13.1 Å². The van der Waals surface area contributed by atoms with Gasteiger partial charge in [-0.1, -0.05) is 30.3 Å². The average Bonchev–Trinajstić information content (AvgIpc) is 3.05. The highest BCUT2D eigenvalue weighted by atomic mass is 16.2. The number of aryl methyl sites for hydroxylation is 1. The number of aromatic nitrogens is 2. The lowest BCUT2D eigenvalue weighted by atomic mass is 9.89. The van der Waals surface area contributed by atoms with Gasteiger partial charge in [-0.15, -0.1) is 0 Å². The van der Waals surface area contributed by atoms with Crippen molar-refractivity contribution in [3.63, 3.8) is 0 Å². The van der Waals surface area contributed by atoms with Gasteiger partial charge in [-0.3, -0.25) is 9.69 Å². The molecule has 1 unspecified atom stereocenters. The van der Waals surface area contributed by atoms with Crippen LogP contribution >= 0.6 is 0 Å². The van der Waals surface area contributed by atoms with Gasteiger partial charge in [0.25, 0.3) is 0 Å².